The minimum Gasteiger partial charge on any atom is -0.340 e. The van der Waals surface area contributed by atoms with E-state index in [9.17, 15) is 22.4 Å². The van der Waals surface area contributed by atoms with Gasteiger partial charge in [0, 0.05) is 38.3 Å². The van der Waals surface area contributed by atoms with Gasteiger partial charge in [-0.25, -0.2) is 12.8 Å². The molecular weight excluding hydrogens is 468 g/mol. The zero-order valence-electron chi connectivity index (χ0n) is 16.1. The van der Waals surface area contributed by atoms with Crippen molar-refractivity contribution in [1.82, 2.24) is 9.21 Å². The maximum atomic E-state index is 13.5. The number of anilines is 1. The average molecular weight is 486 g/mol. The lowest BCUT2D eigenvalue weighted by Crippen LogP contribution is -2.52. The van der Waals surface area contributed by atoms with Gasteiger partial charge in [-0.15, -0.1) is 0 Å². The fraction of sp³-hybridized carbons (Fsp3) is 0.300. The van der Waals surface area contributed by atoms with Gasteiger partial charge in [0.05, 0.1) is 20.9 Å². The number of hydrogen-bond acceptors (Lipinski definition) is 4. The van der Waals surface area contributed by atoms with Crippen molar-refractivity contribution in [3.8, 4) is 0 Å². The second kappa shape index (κ2) is 8.38. The van der Waals surface area contributed by atoms with Crippen LogP contribution in [0.25, 0.3) is 0 Å². The number of rotatable bonds is 3. The molecule has 164 valence electrons. The van der Waals surface area contributed by atoms with E-state index in [0.717, 1.165) is 0 Å². The van der Waals surface area contributed by atoms with Crippen molar-refractivity contribution in [3.05, 3.63) is 57.8 Å². The summed E-state index contributed by atoms with van der Waals surface area (Å²) in [6.07, 6.45) is -0.0424. The Hall–Kier alpha value is -2.20. The molecule has 0 bridgehead atoms. The third-order valence-electron chi connectivity index (χ3n) is 5.43. The predicted octanol–water partition coefficient (Wildman–Crippen LogP) is 3.09. The first-order chi connectivity index (χ1) is 14.7. The number of benzene rings is 2. The summed E-state index contributed by atoms with van der Waals surface area (Å²) in [5.74, 6) is -1.89. The molecule has 0 spiro atoms. The summed E-state index contributed by atoms with van der Waals surface area (Å²) in [6.45, 7) is 0.551. The van der Waals surface area contributed by atoms with E-state index >= 15 is 0 Å². The second-order valence-electron chi connectivity index (χ2n) is 7.34. The van der Waals surface area contributed by atoms with Gasteiger partial charge < -0.3 is 10.2 Å². The molecule has 0 unspecified atom stereocenters. The summed E-state index contributed by atoms with van der Waals surface area (Å²) < 4.78 is 40.6. The van der Waals surface area contributed by atoms with Crippen LogP contribution in [0, 0.1) is 5.82 Å². The van der Waals surface area contributed by atoms with E-state index in [-0.39, 0.29) is 65.0 Å². The van der Waals surface area contributed by atoms with Crippen LogP contribution in [0.15, 0.2) is 41.3 Å². The van der Waals surface area contributed by atoms with Gasteiger partial charge in [0.15, 0.2) is 0 Å². The summed E-state index contributed by atoms with van der Waals surface area (Å²) in [7, 11) is -3.79. The molecule has 31 heavy (non-hydrogen) atoms. The molecule has 2 aromatic carbocycles. The van der Waals surface area contributed by atoms with Crippen molar-refractivity contribution in [1.29, 1.82) is 0 Å². The lowest BCUT2D eigenvalue weighted by atomic mass is 9.89. The van der Waals surface area contributed by atoms with Crippen LogP contribution >= 0.6 is 23.2 Å². The van der Waals surface area contributed by atoms with E-state index in [0.29, 0.717) is 5.56 Å². The van der Waals surface area contributed by atoms with Crippen LogP contribution in [0.4, 0.5) is 10.1 Å². The minimum absolute atomic E-state index is 0.0292. The zero-order chi connectivity index (χ0) is 22.3. The smallest absolute Gasteiger partial charge is 0.243 e. The van der Waals surface area contributed by atoms with E-state index in [2.05, 4.69) is 5.32 Å². The third-order valence-corrected chi connectivity index (χ3v) is 8.07. The van der Waals surface area contributed by atoms with Crippen molar-refractivity contribution in [2.45, 2.75) is 17.2 Å². The van der Waals surface area contributed by atoms with Crippen molar-refractivity contribution in [2.24, 2.45) is 0 Å². The van der Waals surface area contributed by atoms with Crippen molar-refractivity contribution >= 4 is 50.7 Å². The fourth-order valence-electron chi connectivity index (χ4n) is 3.81. The van der Waals surface area contributed by atoms with Gasteiger partial charge in [-0.2, -0.15) is 4.31 Å². The van der Waals surface area contributed by atoms with Gasteiger partial charge in [0.1, 0.15) is 5.82 Å². The van der Waals surface area contributed by atoms with Crippen LogP contribution < -0.4 is 5.32 Å². The van der Waals surface area contributed by atoms with Crippen molar-refractivity contribution in [2.75, 3.05) is 31.5 Å². The number of hydrogen-bond donors (Lipinski definition) is 1. The summed E-state index contributed by atoms with van der Waals surface area (Å²) in [6, 6.07) is 8.04. The Bertz CT molecular complexity index is 1170. The Kier molecular flexibility index (Phi) is 5.95. The molecule has 1 fully saturated rings. The topological polar surface area (TPSA) is 86.8 Å². The van der Waals surface area contributed by atoms with E-state index in [1.165, 1.54) is 45.6 Å². The Labute approximate surface area is 188 Å². The molecule has 7 nitrogen and oxygen atoms in total. The van der Waals surface area contributed by atoms with Crippen molar-refractivity contribution in [3.63, 3.8) is 0 Å². The van der Waals surface area contributed by atoms with Gasteiger partial charge in [-0.05, 0) is 35.9 Å². The highest BCUT2D eigenvalue weighted by molar-refractivity contribution is 7.89. The van der Waals surface area contributed by atoms with Crippen molar-refractivity contribution < 1.29 is 22.4 Å². The largest absolute Gasteiger partial charge is 0.340 e. The molecule has 2 aliphatic heterocycles. The molecule has 1 N–H and O–H groups in total. The number of nitrogens with one attached hydrogen (secondary N) is 1. The molecule has 2 aliphatic rings. The van der Waals surface area contributed by atoms with Gasteiger partial charge >= 0.3 is 0 Å². The molecule has 2 aromatic rings. The standard InChI is InChI=1S/C20H18Cl2FN3O4S/c21-16-4-2-13(10-17(16)22)31(29,30)26-7-5-25(6-8-26)20(28)15-11-19(27)24-18-9-12(23)1-3-14(15)18/h1-4,9-10,15H,5-8,11H2,(H,24,27)/t15-/m0/s1. The summed E-state index contributed by atoms with van der Waals surface area (Å²) in [5.41, 5.74) is 0.840. The number of carbonyl (C=O) groups is 2. The van der Waals surface area contributed by atoms with E-state index in [1.54, 1.807) is 0 Å². The van der Waals surface area contributed by atoms with Crippen LogP contribution in [0.5, 0.6) is 0 Å². The molecule has 11 heteroatoms. The average Bonchev–Trinajstić information content (AvgIpc) is 2.74. The Morgan fingerprint density at radius 2 is 1.74 bits per heavy atom. The molecule has 0 saturated carbocycles. The summed E-state index contributed by atoms with van der Waals surface area (Å²) in [5, 5.41) is 2.98. The lowest BCUT2D eigenvalue weighted by Gasteiger charge is -2.36. The van der Waals surface area contributed by atoms with Gasteiger partial charge in [-0.3, -0.25) is 9.59 Å². The highest BCUT2D eigenvalue weighted by Crippen LogP contribution is 2.34. The zero-order valence-corrected chi connectivity index (χ0v) is 18.5. The first-order valence-electron chi connectivity index (χ1n) is 9.50. The van der Waals surface area contributed by atoms with Crippen LogP contribution in [0.2, 0.25) is 10.0 Å². The monoisotopic (exact) mass is 485 g/mol. The Morgan fingerprint density at radius 3 is 2.42 bits per heavy atom. The van der Waals surface area contributed by atoms with E-state index < -0.39 is 21.8 Å². The van der Waals surface area contributed by atoms with Gasteiger partial charge in [0.25, 0.3) is 0 Å². The molecule has 2 amide bonds. The second-order valence-corrected chi connectivity index (χ2v) is 10.1. The van der Waals surface area contributed by atoms with Crippen LogP contribution in [0.3, 0.4) is 0 Å². The molecule has 0 aromatic heterocycles. The van der Waals surface area contributed by atoms with Crippen LogP contribution in [-0.2, 0) is 19.6 Å². The first kappa shape index (κ1) is 22.0. The number of halogens is 3. The molecule has 0 aliphatic carbocycles. The lowest BCUT2D eigenvalue weighted by molar-refractivity contribution is -0.136. The van der Waals surface area contributed by atoms with Gasteiger partial charge in [-0.1, -0.05) is 29.3 Å². The number of fused-ring (bicyclic) bond motifs is 1. The van der Waals surface area contributed by atoms with Crippen LogP contribution in [0.1, 0.15) is 17.9 Å². The van der Waals surface area contributed by atoms with E-state index in [4.69, 9.17) is 23.2 Å². The fourth-order valence-corrected chi connectivity index (χ4v) is 5.62. The predicted molar refractivity (Wildman–Crippen MR) is 114 cm³/mol. The third kappa shape index (κ3) is 4.27. The van der Waals surface area contributed by atoms with Gasteiger partial charge in [0.2, 0.25) is 21.8 Å². The Morgan fingerprint density at radius 1 is 1.03 bits per heavy atom. The number of sulfonamides is 1. The quantitative estimate of drug-likeness (QED) is 0.723. The Balaban J connectivity index is 1.48. The van der Waals surface area contributed by atoms with Crippen LogP contribution in [-0.4, -0.2) is 55.6 Å². The number of carbonyl (C=O) groups excluding carboxylic acids is 2. The highest BCUT2D eigenvalue weighted by atomic mass is 35.5. The normalized spacial score (nSPS) is 19.6. The molecular formula is C20H18Cl2FN3O4S. The minimum atomic E-state index is -3.79. The summed E-state index contributed by atoms with van der Waals surface area (Å²) in [4.78, 5) is 26.7. The molecule has 1 atom stereocenters. The van der Waals surface area contributed by atoms with E-state index in [1.807, 2.05) is 0 Å². The first-order valence-corrected chi connectivity index (χ1v) is 11.7. The molecule has 2 heterocycles. The number of nitrogens with zero attached hydrogens (tertiary/aromatic N) is 2. The molecule has 1 saturated heterocycles. The highest BCUT2D eigenvalue weighted by Gasteiger charge is 2.36. The maximum absolute atomic E-state index is 13.5. The SMILES string of the molecule is O=C1C[C@H](C(=O)N2CCN(S(=O)(=O)c3ccc(Cl)c(Cl)c3)CC2)c2ccc(F)cc2N1. The summed E-state index contributed by atoms with van der Waals surface area (Å²) >= 11 is 11.8. The number of piperazine rings is 1. The number of amides is 2. The maximum Gasteiger partial charge on any atom is 0.243 e. The molecule has 4 rings (SSSR count). The molecule has 0 radical (unpaired) electrons.